The van der Waals surface area contributed by atoms with Gasteiger partial charge in [-0.3, -0.25) is 4.79 Å². The van der Waals surface area contributed by atoms with Gasteiger partial charge in [-0.1, -0.05) is 36.0 Å². The monoisotopic (exact) mass is 397 g/mol. The third-order valence-corrected chi connectivity index (χ3v) is 5.39. The topological polar surface area (TPSA) is 77.2 Å². The minimum atomic E-state index is -0.372. The summed E-state index contributed by atoms with van der Waals surface area (Å²) >= 11 is 1.24. The molecule has 0 aliphatic carbocycles. The van der Waals surface area contributed by atoms with Crippen LogP contribution in [0, 0.1) is 13.8 Å². The van der Waals surface area contributed by atoms with E-state index in [2.05, 4.69) is 22.4 Å². The fraction of sp³-hybridized carbons (Fsp3) is 0.286. The normalized spacial score (nSPS) is 11.9. The fourth-order valence-electron chi connectivity index (χ4n) is 2.63. The molecule has 0 saturated carbocycles. The molecule has 28 heavy (non-hydrogen) atoms. The van der Waals surface area contributed by atoms with Crippen LogP contribution in [0.25, 0.3) is 11.5 Å². The van der Waals surface area contributed by atoms with Gasteiger partial charge in [-0.15, -0.1) is 10.2 Å². The van der Waals surface area contributed by atoms with Crippen molar-refractivity contribution in [1.29, 1.82) is 0 Å². The van der Waals surface area contributed by atoms with Crippen LogP contribution in [0.15, 0.2) is 52.1 Å². The van der Waals surface area contributed by atoms with Crippen molar-refractivity contribution < 1.29 is 13.9 Å². The van der Waals surface area contributed by atoms with Crippen molar-refractivity contribution in [1.82, 2.24) is 15.5 Å². The van der Waals surface area contributed by atoms with Gasteiger partial charge in [0.25, 0.3) is 5.22 Å². The Morgan fingerprint density at radius 1 is 1.18 bits per heavy atom. The van der Waals surface area contributed by atoms with Crippen molar-refractivity contribution in [2.45, 2.75) is 37.8 Å². The van der Waals surface area contributed by atoms with Crippen molar-refractivity contribution in [3.05, 3.63) is 59.2 Å². The van der Waals surface area contributed by atoms with Gasteiger partial charge >= 0.3 is 0 Å². The molecule has 1 atom stereocenters. The number of benzene rings is 2. The molecule has 3 aromatic rings. The van der Waals surface area contributed by atoms with E-state index < -0.39 is 0 Å². The first-order valence-corrected chi connectivity index (χ1v) is 9.83. The van der Waals surface area contributed by atoms with Crippen LogP contribution in [0.4, 0.5) is 0 Å². The summed E-state index contributed by atoms with van der Waals surface area (Å²) in [6.45, 7) is 6.30. The van der Waals surface area contributed by atoms with Crippen molar-refractivity contribution in [2.24, 2.45) is 0 Å². The highest BCUT2D eigenvalue weighted by Gasteiger charge is 2.19. The number of nitrogens with one attached hydrogen (secondary N) is 1. The number of carbonyl (C=O) groups is 1. The number of carbonyl (C=O) groups excluding carboxylic acids is 1. The van der Waals surface area contributed by atoms with Crippen LogP contribution in [-0.2, 0) is 11.3 Å². The van der Waals surface area contributed by atoms with E-state index in [0.29, 0.717) is 17.7 Å². The number of hydrogen-bond acceptors (Lipinski definition) is 6. The summed E-state index contributed by atoms with van der Waals surface area (Å²) in [5.74, 6) is 1.09. The zero-order valence-electron chi connectivity index (χ0n) is 16.4. The maximum atomic E-state index is 12.4. The van der Waals surface area contributed by atoms with E-state index in [4.69, 9.17) is 9.15 Å². The molecule has 0 aliphatic heterocycles. The molecule has 1 amide bonds. The van der Waals surface area contributed by atoms with Crippen molar-refractivity contribution in [3.63, 3.8) is 0 Å². The lowest BCUT2D eigenvalue weighted by Gasteiger charge is -2.12. The smallest absolute Gasteiger partial charge is 0.277 e. The molecule has 2 aromatic carbocycles. The van der Waals surface area contributed by atoms with Crippen LogP contribution >= 0.6 is 11.8 Å². The highest BCUT2D eigenvalue weighted by Crippen LogP contribution is 2.27. The van der Waals surface area contributed by atoms with E-state index >= 15 is 0 Å². The van der Waals surface area contributed by atoms with E-state index in [9.17, 15) is 4.79 Å². The third-order valence-electron chi connectivity index (χ3n) is 4.45. The number of amides is 1. The summed E-state index contributed by atoms with van der Waals surface area (Å²) in [5, 5.41) is 11.1. The standard InChI is InChI=1S/C21H23N3O3S/c1-13-9-10-16(11-14(13)2)20-23-24-21(27-20)28-15(3)19(25)22-12-17-7-5-6-8-18(17)26-4/h5-11,15H,12H2,1-4H3,(H,22,25)/t15-/m1/s1. The molecule has 1 N–H and O–H groups in total. The lowest BCUT2D eigenvalue weighted by atomic mass is 10.1. The summed E-state index contributed by atoms with van der Waals surface area (Å²) < 4.78 is 11.0. The molecule has 0 bridgehead atoms. The average molecular weight is 398 g/mol. The fourth-order valence-corrected chi connectivity index (χ4v) is 3.34. The number of aryl methyl sites for hydroxylation is 2. The van der Waals surface area contributed by atoms with E-state index in [1.165, 1.54) is 17.3 Å². The Labute approximate surface area is 168 Å². The molecule has 0 saturated heterocycles. The minimum Gasteiger partial charge on any atom is -0.496 e. The number of nitrogens with zero attached hydrogens (tertiary/aromatic N) is 2. The number of thioether (sulfide) groups is 1. The van der Waals surface area contributed by atoms with Crippen LogP contribution in [0.3, 0.4) is 0 Å². The second kappa shape index (κ2) is 8.93. The first-order chi connectivity index (χ1) is 13.5. The van der Waals surface area contributed by atoms with Gasteiger partial charge in [-0.2, -0.15) is 0 Å². The maximum Gasteiger partial charge on any atom is 0.277 e. The molecule has 6 nitrogen and oxygen atoms in total. The van der Waals surface area contributed by atoms with Gasteiger partial charge in [-0.25, -0.2) is 0 Å². The van der Waals surface area contributed by atoms with Crippen molar-refractivity contribution in [2.75, 3.05) is 7.11 Å². The Morgan fingerprint density at radius 3 is 2.71 bits per heavy atom. The molecule has 7 heteroatoms. The second-order valence-corrected chi connectivity index (χ2v) is 7.75. The molecule has 1 aromatic heterocycles. The van der Waals surface area contributed by atoms with Crippen LogP contribution in [-0.4, -0.2) is 28.5 Å². The van der Waals surface area contributed by atoms with Gasteiger partial charge in [0.05, 0.1) is 12.4 Å². The molecule has 1 heterocycles. The molecular weight excluding hydrogens is 374 g/mol. The number of methoxy groups -OCH3 is 1. The summed E-state index contributed by atoms with van der Waals surface area (Å²) in [6.07, 6.45) is 0. The lowest BCUT2D eigenvalue weighted by Crippen LogP contribution is -2.30. The summed E-state index contributed by atoms with van der Waals surface area (Å²) in [4.78, 5) is 12.4. The van der Waals surface area contributed by atoms with Crippen LogP contribution < -0.4 is 10.1 Å². The Balaban J connectivity index is 1.60. The zero-order chi connectivity index (χ0) is 20.1. The first kappa shape index (κ1) is 19.9. The minimum absolute atomic E-state index is 0.109. The Bertz CT molecular complexity index is 971. The van der Waals surface area contributed by atoms with E-state index in [1.54, 1.807) is 7.11 Å². The van der Waals surface area contributed by atoms with Crippen LogP contribution in [0.5, 0.6) is 5.75 Å². The predicted molar refractivity (Wildman–Crippen MR) is 109 cm³/mol. The largest absolute Gasteiger partial charge is 0.496 e. The zero-order valence-corrected chi connectivity index (χ0v) is 17.2. The van der Waals surface area contributed by atoms with E-state index in [1.807, 2.05) is 56.3 Å². The number of rotatable bonds is 7. The van der Waals surface area contributed by atoms with E-state index in [-0.39, 0.29) is 11.2 Å². The molecule has 0 aliphatic rings. The van der Waals surface area contributed by atoms with Gasteiger partial charge < -0.3 is 14.5 Å². The highest BCUT2D eigenvalue weighted by molar-refractivity contribution is 8.00. The van der Waals surface area contributed by atoms with E-state index in [0.717, 1.165) is 22.4 Å². The summed E-state index contributed by atoms with van der Waals surface area (Å²) in [6, 6.07) is 13.6. The quantitative estimate of drug-likeness (QED) is 0.603. The van der Waals surface area contributed by atoms with Crippen molar-refractivity contribution >= 4 is 17.7 Å². The average Bonchev–Trinajstić information content (AvgIpc) is 3.16. The number of ether oxygens (including phenoxy) is 1. The lowest BCUT2D eigenvalue weighted by molar-refractivity contribution is -0.120. The Kier molecular flexibility index (Phi) is 6.36. The molecule has 0 unspecified atom stereocenters. The molecule has 0 spiro atoms. The Morgan fingerprint density at radius 2 is 1.96 bits per heavy atom. The first-order valence-electron chi connectivity index (χ1n) is 8.95. The molecule has 146 valence electrons. The van der Waals surface area contributed by atoms with Crippen LogP contribution in [0.1, 0.15) is 23.6 Å². The highest BCUT2D eigenvalue weighted by atomic mass is 32.2. The predicted octanol–water partition coefficient (Wildman–Crippen LogP) is 4.16. The Hall–Kier alpha value is -2.80. The molecule has 0 fully saturated rings. The number of para-hydroxylation sites is 1. The molecule has 3 rings (SSSR count). The van der Waals surface area contributed by atoms with Gasteiger partial charge in [0, 0.05) is 17.7 Å². The SMILES string of the molecule is COc1ccccc1CNC(=O)[C@@H](C)Sc1nnc(-c2ccc(C)c(C)c2)o1. The van der Waals surface area contributed by atoms with Gasteiger partial charge in [0.2, 0.25) is 11.8 Å². The summed E-state index contributed by atoms with van der Waals surface area (Å²) in [5.41, 5.74) is 4.16. The number of aromatic nitrogens is 2. The third kappa shape index (κ3) is 4.72. The van der Waals surface area contributed by atoms with Gasteiger partial charge in [0.15, 0.2) is 0 Å². The van der Waals surface area contributed by atoms with Gasteiger partial charge in [0.1, 0.15) is 5.75 Å². The molecular formula is C21H23N3O3S. The van der Waals surface area contributed by atoms with Gasteiger partial charge in [-0.05, 0) is 50.1 Å². The van der Waals surface area contributed by atoms with Crippen molar-refractivity contribution in [3.8, 4) is 17.2 Å². The molecule has 0 radical (unpaired) electrons. The second-order valence-electron chi connectivity index (χ2n) is 6.46. The maximum absolute atomic E-state index is 12.4. The van der Waals surface area contributed by atoms with Crippen LogP contribution in [0.2, 0.25) is 0 Å². The number of hydrogen-bond donors (Lipinski definition) is 1. The summed E-state index contributed by atoms with van der Waals surface area (Å²) in [7, 11) is 1.61.